The molecule has 2 heterocycles. The maximum Gasteiger partial charge on any atom is 0.295 e. The lowest BCUT2D eigenvalue weighted by Gasteiger charge is -2.25. The number of phenols is 1. The van der Waals surface area contributed by atoms with Crippen molar-refractivity contribution >= 4 is 17.4 Å². The van der Waals surface area contributed by atoms with Crippen LogP contribution in [-0.4, -0.2) is 38.4 Å². The number of amides is 1. The van der Waals surface area contributed by atoms with Crippen molar-refractivity contribution in [2.45, 2.75) is 38.8 Å². The number of hydrogen-bond donors (Lipinski definition) is 2. The topological polar surface area (TPSA) is 100.0 Å². The number of nitrogens with zero attached hydrogens (tertiary/aromatic N) is 2. The molecule has 2 N–H and O–H groups in total. The van der Waals surface area contributed by atoms with E-state index in [0.29, 0.717) is 23.5 Å². The van der Waals surface area contributed by atoms with Crippen LogP contribution < -0.4 is 4.74 Å². The minimum Gasteiger partial charge on any atom is -0.508 e. The van der Waals surface area contributed by atoms with E-state index in [9.17, 15) is 19.8 Å². The Morgan fingerprint density at radius 2 is 1.77 bits per heavy atom. The molecule has 2 aromatic carbocycles. The molecule has 0 bridgehead atoms. The van der Waals surface area contributed by atoms with Crippen LogP contribution in [0.25, 0.3) is 5.76 Å². The predicted octanol–water partition coefficient (Wildman–Crippen LogP) is 4.98. The molecular weight excluding hydrogens is 444 g/mol. The van der Waals surface area contributed by atoms with E-state index in [2.05, 4.69) is 11.9 Å². The number of ketones is 1. The zero-order valence-corrected chi connectivity index (χ0v) is 19.6. The molecular formula is C28H28N2O5. The molecule has 1 aliphatic rings. The maximum atomic E-state index is 13.1. The van der Waals surface area contributed by atoms with Crippen LogP contribution in [0.5, 0.6) is 11.5 Å². The van der Waals surface area contributed by atoms with Gasteiger partial charge in [0.25, 0.3) is 11.7 Å². The second-order valence-corrected chi connectivity index (χ2v) is 8.46. The number of aromatic hydroxyl groups is 1. The van der Waals surface area contributed by atoms with Gasteiger partial charge in [0.15, 0.2) is 0 Å². The summed E-state index contributed by atoms with van der Waals surface area (Å²) in [6.07, 6.45) is 6.43. The number of aliphatic hydroxyl groups is 1. The Hall–Kier alpha value is -4.13. The molecule has 3 aromatic rings. The number of hydrogen-bond acceptors (Lipinski definition) is 6. The van der Waals surface area contributed by atoms with Crippen LogP contribution >= 0.6 is 0 Å². The number of phenolic OH excluding ortho intramolecular Hbond substituents is 1. The van der Waals surface area contributed by atoms with Crippen molar-refractivity contribution < 1.29 is 24.5 Å². The third-order valence-electron chi connectivity index (χ3n) is 5.97. The second-order valence-electron chi connectivity index (χ2n) is 8.46. The van der Waals surface area contributed by atoms with Crippen molar-refractivity contribution in [2.24, 2.45) is 0 Å². The first-order valence-electron chi connectivity index (χ1n) is 11.7. The molecule has 7 nitrogen and oxygen atoms in total. The highest BCUT2D eigenvalue weighted by Gasteiger charge is 2.46. The van der Waals surface area contributed by atoms with Crippen LogP contribution in [0.3, 0.4) is 0 Å². The Labute approximate surface area is 204 Å². The van der Waals surface area contributed by atoms with Crippen LogP contribution in [-0.2, 0) is 16.1 Å². The molecule has 35 heavy (non-hydrogen) atoms. The lowest BCUT2D eigenvalue weighted by molar-refractivity contribution is -0.140. The Morgan fingerprint density at radius 3 is 2.43 bits per heavy atom. The van der Waals surface area contributed by atoms with E-state index in [-0.39, 0.29) is 23.6 Å². The molecule has 1 saturated heterocycles. The molecule has 1 fully saturated rings. The van der Waals surface area contributed by atoms with Crippen molar-refractivity contribution in [3.8, 4) is 11.5 Å². The van der Waals surface area contributed by atoms with E-state index in [1.54, 1.807) is 54.9 Å². The standard InChI is InChI=1S/C28H28N2O5/c1-2-3-4-16-35-23-13-9-21(10-14-23)26(32)24-25(20-7-11-22(31)12-8-20)30(28(34)27(24)33)18-19-6-5-15-29-17-19/h5-15,17,25,31-32H,2-4,16,18H2,1H3/b26-24+. The van der Waals surface area contributed by atoms with E-state index in [1.807, 2.05) is 6.07 Å². The molecule has 7 heteroatoms. The average Bonchev–Trinajstić information content (AvgIpc) is 3.12. The minimum absolute atomic E-state index is 0.00111. The summed E-state index contributed by atoms with van der Waals surface area (Å²) < 4.78 is 5.73. The van der Waals surface area contributed by atoms with E-state index in [1.165, 1.54) is 17.0 Å². The summed E-state index contributed by atoms with van der Waals surface area (Å²) >= 11 is 0. The summed E-state index contributed by atoms with van der Waals surface area (Å²) in [6, 6.07) is 15.8. The fraction of sp³-hybridized carbons (Fsp3) is 0.250. The molecule has 0 radical (unpaired) electrons. The number of ether oxygens (including phenoxy) is 1. The van der Waals surface area contributed by atoms with E-state index in [4.69, 9.17) is 4.74 Å². The Bertz CT molecular complexity index is 1200. The van der Waals surface area contributed by atoms with Gasteiger partial charge in [-0.25, -0.2) is 0 Å². The summed E-state index contributed by atoms with van der Waals surface area (Å²) in [4.78, 5) is 31.7. The van der Waals surface area contributed by atoms with Crippen molar-refractivity contribution in [1.82, 2.24) is 9.88 Å². The molecule has 1 amide bonds. The van der Waals surface area contributed by atoms with Crippen molar-refractivity contribution in [3.63, 3.8) is 0 Å². The highest BCUT2D eigenvalue weighted by atomic mass is 16.5. The Balaban J connectivity index is 1.69. The number of likely N-dealkylation sites (tertiary alicyclic amines) is 1. The number of pyridine rings is 1. The highest BCUT2D eigenvalue weighted by Crippen LogP contribution is 2.40. The molecule has 1 aromatic heterocycles. The number of aliphatic hydroxyl groups excluding tert-OH is 1. The van der Waals surface area contributed by atoms with Gasteiger partial charge in [0.05, 0.1) is 18.2 Å². The van der Waals surface area contributed by atoms with Crippen LogP contribution in [0.15, 0.2) is 78.6 Å². The number of Topliss-reactive ketones (excluding diaryl/α,β-unsaturated/α-hetero) is 1. The largest absolute Gasteiger partial charge is 0.508 e. The van der Waals surface area contributed by atoms with Gasteiger partial charge in [-0.2, -0.15) is 0 Å². The summed E-state index contributed by atoms with van der Waals surface area (Å²) in [5.74, 6) is -0.987. The zero-order chi connectivity index (χ0) is 24.8. The van der Waals surface area contributed by atoms with Crippen LogP contribution in [0.2, 0.25) is 0 Å². The SMILES string of the molecule is CCCCCOc1ccc(/C(O)=C2\C(=O)C(=O)N(Cc3cccnc3)C2c2ccc(O)cc2)cc1. The van der Waals surface area contributed by atoms with Gasteiger partial charge in [0, 0.05) is 24.5 Å². The molecule has 4 rings (SSSR count). The van der Waals surface area contributed by atoms with Crippen LogP contribution in [0, 0.1) is 0 Å². The second kappa shape index (κ2) is 10.9. The van der Waals surface area contributed by atoms with Gasteiger partial charge >= 0.3 is 0 Å². The fourth-order valence-corrected chi connectivity index (χ4v) is 4.14. The number of benzene rings is 2. The van der Waals surface area contributed by atoms with Crippen molar-refractivity contribution in [1.29, 1.82) is 0 Å². The normalized spacial score (nSPS) is 17.1. The maximum absolute atomic E-state index is 13.1. The summed E-state index contributed by atoms with van der Waals surface area (Å²) in [5, 5.41) is 20.9. The predicted molar refractivity (Wildman–Crippen MR) is 132 cm³/mol. The Kier molecular flexibility index (Phi) is 7.45. The van der Waals surface area contributed by atoms with E-state index in [0.717, 1.165) is 24.8 Å². The molecule has 1 unspecified atom stereocenters. The number of aromatic nitrogens is 1. The molecule has 1 atom stereocenters. The lowest BCUT2D eigenvalue weighted by Crippen LogP contribution is -2.29. The monoisotopic (exact) mass is 472 g/mol. The van der Waals surface area contributed by atoms with Gasteiger partial charge in [-0.15, -0.1) is 0 Å². The Morgan fingerprint density at radius 1 is 1.03 bits per heavy atom. The van der Waals surface area contributed by atoms with Gasteiger partial charge in [-0.05, 0) is 60.0 Å². The highest BCUT2D eigenvalue weighted by molar-refractivity contribution is 6.46. The van der Waals surface area contributed by atoms with Crippen LogP contribution in [0.4, 0.5) is 0 Å². The first kappa shape index (κ1) is 24.0. The first-order chi connectivity index (χ1) is 17.0. The third kappa shape index (κ3) is 5.35. The fourth-order valence-electron chi connectivity index (χ4n) is 4.14. The minimum atomic E-state index is -0.819. The van der Waals surface area contributed by atoms with Crippen LogP contribution in [0.1, 0.15) is 48.9 Å². The quantitative estimate of drug-likeness (QED) is 0.197. The lowest BCUT2D eigenvalue weighted by atomic mass is 9.95. The van der Waals surface area contributed by atoms with Gasteiger partial charge < -0.3 is 19.8 Å². The smallest absolute Gasteiger partial charge is 0.295 e. The van der Waals surface area contributed by atoms with Gasteiger partial charge in [-0.3, -0.25) is 14.6 Å². The molecule has 180 valence electrons. The van der Waals surface area contributed by atoms with Crippen molar-refractivity contribution in [2.75, 3.05) is 6.61 Å². The number of unbranched alkanes of at least 4 members (excludes halogenated alkanes) is 2. The molecule has 1 aliphatic heterocycles. The summed E-state index contributed by atoms with van der Waals surface area (Å²) in [7, 11) is 0. The molecule has 0 spiro atoms. The van der Waals surface area contributed by atoms with E-state index >= 15 is 0 Å². The third-order valence-corrected chi connectivity index (χ3v) is 5.97. The van der Waals surface area contributed by atoms with Gasteiger partial charge in [-0.1, -0.05) is 38.0 Å². The molecule has 0 aliphatic carbocycles. The first-order valence-corrected chi connectivity index (χ1v) is 11.7. The van der Waals surface area contributed by atoms with Crippen molar-refractivity contribution in [3.05, 3.63) is 95.3 Å². The summed E-state index contributed by atoms with van der Waals surface area (Å²) in [6.45, 7) is 2.88. The zero-order valence-electron chi connectivity index (χ0n) is 19.6. The van der Waals surface area contributed by atoms with Gasteiger partial charge in [0.2, 0.25) is 0 Å². The number of carbonyl (C=O) groups is 2. The summed E-state index contributed by atoms with van der Waals surface area (Å²) in [5.41, 5.74) is 1.77. The number of rotatable bonds is 9. The average molecular weight is 473 g/mol. The number of carbonyl (C=O) groups excluding carboxylic acids is 2. The van der Waals surface area contributed by atoms with Gasteiger partial charge in [0.1, 0.15) is 17.3 Å². The molecule has 0 saturated carbocycles. The van der Waals surface area contributed by atoms with E-state index < -0.39 is 17.7 Å².